The van der Waals surface area contributed by atoms with Crippen molar-refractivity contribution in [1.82, 2.24) is 20.2 Å². The maximum Gasteiger partial charge on any atom is 0.164 e. The fraction of sp³-hybridized carbons (Fsp3) is 0.900. The van der Waals surface area contributed by atoms with Gasteiger partial charge in [-0.05, 0) is 28.7 Å². The first-order valence-corrected chi connectivity index (χ1v) is 5.69. The predicted molar refractivity (Wildman–Crippen MR) is 56.9 cm³/mol. The lowest BCUT2D eigenvalue weighted by Gasteiger charge is -2.33. The van der Waals surface area contributed by atoms with E-state index < -0.39 is 0 Å². The van der Waals surface area contributed by atoms with Gasteiger partial charge < -0.3 is 5.73 Å². The maximum absolute atomic E-state index is 5.58. The summed E-state index contributed by atoms with van der Waals surface area (Å²) in [6.45, 7) is 3.66. The molecule has 15 heavy (non-hydrogen) atoms. The summed E-state index contributed by atoms with van der Waals surface area (Å²) in [6.07, 6.45) is 6.58. The van der Waals surface area contributed by atoms with Gasteiger partial charge in [-0.15, -0.1) is 5.10 Å². The molecule has 0 amide bonds. The van der Waals surface area contributed by atoms with E-state index in [4.69, 9.17) is 5.73 Å². The Labute approximate surface area is 90.0 Å². The molecule has 1 saturated carbocycles. The van der Waals surface area contributed by atoms with Crippen molar-refractivity contribution in [2.75, 3.05) is 0 Å². The minimum absolute atomic E-state index is 0.359. The largest absolute Gasteiger partial charge is 0.324 e. The van der Waals surface area contributed by atoms with Gasteiger partial charge in [0.15, 0.2) is 5.82 Å². The summed E-state index contributed by atoms with van der Waals surface area (Å²) < 4.78 is 1.87. The highest BCUT2D eigenvalue weighted by atomic mass is 15.5. The Morgan fingerprint density at radius 2 is 2.07 bits per heavy atom. The van der Waals surface area contributed by atoms with Gasteiger partial charge in [-0.1, -0.05) is 26.2 Å². The van der Waals surface area contributed by atoms with Crippen LogP contribution >= 0.6 is 0 Å². The van der Waals surface area contributed by atoms with Crippen LogP contribution in [0.5, 0.6) is 0 Å². The van der Waals surface area contributed by atoms with Crippen molar-refractivity contribution < 1.29 is 0 Å². The van der Waals surface area contributed by atoms with Gasteiger partial charge in [0.1, 0.15) is 0 Å². The van der Waals surface area contributed by atoms with Gasteiger partial charge in [-0.3, -0.25) is 0 Å². The fourth-order valence-electron chi connectivity index (χ4n) is 2.42. The van der Waals surface area contributed by atoms with Crippen LogP contribution in [-0.2, 0) is 13.1 Å². The number of nitrogens with two attached hydrogens (primary N) is 1. The summed E-state index contributed by atoms with van der Waals surface area (Å²) in [4.78, 5) is 0. The van der Waals surface area contributed by atoms with E-state index in [2.05, 4.69) is 22.4 Å². The Bertz CT molecular complexity index is 313. The highest BCUT2D eigenvalue weighted by Gasteiger charge is 2.28. The van der Waals surface area contributed by atoms with E-state index in [1.165, 1.54) is 32.1 Å². The molecule has 5 heteroatoms. The molecule has 5 nitrogen and oxygen atoms in total. The number of nitrogens with zero attached hydrogens (tertiary/aromatic N) is 4. The summed E-state index contributed by atoms with van der Waals surface area (Å²) in [5, 5.41) is 11.6. The SMILES string of the molecule is CC1(Cn2nnnc2CN)CCCCC1. The van der Waals surface area contributed by atoms with Crippen LogP contribution in [0, 0.1) is 5.41 Å². The first-order valence-electron chi connectivity index (χ1n) is 5.69. The lowest BCUT2D eigenvalue weighted by molar-refractivity contribution is 0.172. The molecule has 1 aliphatic rings. The summed E-state index contributed by atoms with van der Waals surface area (Å²) >= 11 is 0. The highest BCUT2D eigenvalue weighted by molar-refractivity contribution is 4.84. The smallest absolute Gasteiger partial charge is 0.164 e. The van der Waals surface area contributed by atoms with Crippen molar-refractivity contribution in [3.8, 4) is 0 Å². The van der Waals surface area contributed by atoms with Gasteiger partial charge >= 0.3 is 0 Å². The first-order chi connectivity index (χ1) is 7.23. The second-order valence-corrected chi connectivity index (χ2v) is 4.83. The van der Waals surface area contributed by atoms with Crippen molar-refractivity contribution in [3.63, 3.8) is 0 Å². The van der Waals surface area contributed by atoms with E-state index in [-0.39, 0.29) is 0 Å². The van der Waals surface area contributed by atoms with Gasteiger partial charge in [0.2, 0.25) is 0 Å². The van der Waals surface area contributed by atoms with Crippen LogP contribution in [0.15, 0.2) is 0 Å². The van der Waals surface area contributed by atoms with E-state index >= 15 is 0 Å². The monoisotopic (exact) mass is 209 g/mol. The van der Waals surface area contributed by atoms with Crippen molar-refractivity contribution in [2.24, 2.45) is 11.1 Å². The zero-order chi connectivity index (χ0) is 10.7. The molecule has 1 fully saturated rings. The quantitative estimate of drug-likeness (QED) is 0.809. The minimum atomic E-state index is 0.359. The second-order valence-electron chi connectivity index (χ2n) is 4.83. The molecule has 1 aliphatic carbocycles. The molecular formula is C10H19N5. The van der Waals surface area contributed by atoms with Gasteiger partial charge in [-0.25, -0.2) is 4.68 Å². The molecule has 2 rings (SSSR count). The molecule has 84 valence electrons. The number of aromatic nitrogens is 4. The number of hydrogen-bond donors (Lipinski definition) is 1. The van der Waals surface area contributed by atoms with E-state index in [0.717, 1.165) is 12.4 Å². The Kier molecular flexibility index (Phi) is 3.00. The molecule has 0 aliphatic heterocycles. The molecule has 0 radical (unpaired) electrons. The topological polar surface area (TPSA) is 69.6 Å². The van der Waals surface area contributed by atoms with Crippen LogP contribution in [0.4, 0.5) is 0 Å². The average molecular weight is 209 g/mol. The molecule has 0 bridgehead atoms. The van der Waals surface area contributed by atoms with Crippen molar-refractivity contribution in [1.29, 1.82) is 0 Å². The van der Waals surface area contributed by atoms with Crippen LogP contribution in [0.3, 0.4) is 0 Å². The standard InChI is InChI=1S/C10H19N5/c1-10(5-3-2-4-6-10)8-15-9(7-11)12-13-14-15/h2-8,11H2,1H3. The van der Waals surface area contributed by atoms with Crippen LogP contribution in [0.25, 0.3) is 0 Å². The zero-order valence-corrected chi connectivity index (χ0v) is 9.32. The molecule has 1 aromatic rings. The number of rotatable bonds is 3. The molecule has 1 aromatic heterocycles. The summed E-state index contributed by atoms with van der Waals surface area (Å²) in [5.74, 6) is 0.793. The maximum atomic E-state index is 5.58. The summed E-state index contributed by atoms with van der Waals surface area (Å²) in [6, 6.07) is 0. The number of tetrazole rings is 1. The molecule has 0 spiro atoms. The Morgan fingerprint density at radius 3 is 2.73 bits per heavy atom. The number of hydrogen-bond acceptors (Lipinski definition) is 4. The van der Waals surface area contributed by atoms with Gasteiger partial charge in [-0.2, -0.15) is 0 Å². The third-order valence-electron chi connectivity index (χ3n) is 3.38. The predicted octanol–water partition coefficient (Wildman–Crippen LogP) is 1.10. The van der Waals surface area contributed by atoms with Crippen LogP contribution < -0.4 is 5.73 Å². The molecule has 0 atom stereocenters. The first kappa shape index (κ1) is 10.5. The van der Waals surface area contributed by atoms with E-state index in [1.807, 2.05) is 4.68 Å². The lowest BCUT2D eigenvalue weighted by atomic mass is 9.76. The fourth-order valence-corrected chi connectivity index (χ4v) is 2.42. The molecule has 0 unspecified atom stereocenters. The Balaban J connectivity index is 2.06. The summed E-state index contributed by atoms with van der Waals surface area (Å²) in [7, 11) is 0. The van der Waals surface area contributed by atoms with Gasteiger partial charge in [0.25, 0.3) is 0 Å². The zero-order valence-electron chi connectivity index (χ0n) is 9.32. The highest BCUT2D eigenvalue weighted by Crippen LogP contribution is 2.36. The normalized spacial score (nSPS) is 20.4. The van der Waals surface area contributed by atoms with Crippen molar-refractivity contribution in [2.45, 2.75) is 52.1 Å². The van der Waals surface area contributed by atoms with E-state index in [0.29, 0.717) is 12.0 Å². The Hall–Kier alpha value is -0.970. The molecule has 1 heterocycles. The Morgan fingerprint density at radius 1 is 1.33 bits per heavy atom. The third-order valence-corrected chi connectivity index (χ3v) is 3.38. The van der Waals surface area contributed by atoms with Crippen molar-refractivity contribution in [3.05, 3.63) is 5.82 Å². The lowest BCUT2D eigenvalue weighted by Crippen LogP contribution is -2.28. The van der Waals surface area contributed by atoms with Gasteiger partial charge in [0.05, 0.1) is 13.1 Å². The average Bonchev–Trinajstić information content (AvgIpc) is 2.65. The van der Waals surface area contributed by atoms with E-state index in [9.17, 15) is 0 Å². The molecular weight excluding hydrogens is 190 g/mol. The minimum Gasteiger partial charge on any atom is -0.324 e. The van der Waals surface area contributed by atoms with Crippen molar-refractivity contribution >= 4 is 0 Å². The molecule has 2 N–H and O–H groups in total. The van der Waals surface area contributed by atoms with Crippen LogP contribution in [0.2, 0.25) is 0 Å². The van der Waals surface area contributed by atoms with Crippen LogP contribution in [0.1, 0.15) is 44.9 Å². The van der Waals surface area contributed by atoms with Crippen LogP contribution in [-0.4, -0.2) is 20.2 Å². The third kappa shape index (κ3) is 2.34. The molecule has 0 aromatic carbocycles. The van der Waals surface area contributed by atoms with Gasteiger partial charge in [0, 0.05) is 0 Å². The second kappa shape index (κ2) is 4.26. The summed E-state index contributed by atoms with van der Waals surface area (Å²) in [5.41, 5.74) is 5.94. The van der Waals surface area contributed by atoms with E-state index in [1.54, 1.807) is 0 Å². The molecule has 0 saturated heterocycles.